The Morgan fingerprint density at radius 2 is 1.68 bits per heavy atom. The second-order valence-electron chi connectivity index (χ2n) is 6.72. The van der Waals surface area contributed by atoms with Crippen LogP contribution in [0.1, 0.15) is 12.0 Å². The number of aromatic amines is 1. The number of para-hydroxylation sites is 1. The van der Waals surface area contributed by atoms with E-state index >= 15 is 0 Å². The maximum Gasteiger partial charge on any atom is 0.119 e. The number of nitrogen functional groups attached to an aromatic ring is 1. The third-order valence-corrected chi connectivity index (χ3v) is 4.68. The molecule has 3 N–H and O–H groups in total. The van der Waals surface area contributed by atoms with Crippen molar-refractivity contribution in [2.24, 2.45) is 0 Å². The van der Waals surface area contributed by atoms with Crippen LogP contribution in [-0.2, 0) is 6.42 Å². The highest BCUT2D eigenvalue weighted by Gasteiger charge is 2.09. The zero-order valence-corrected chi connectivity index (χ0v) is 15.6. The van der Waals surface area contributed by atoms with Gasteiger partial charge in [-0.1, -0.05) is 60.7 Å². The van der Waals surface area contributed by atoms with Gasteiger partial charge in [-0.2, -0.15) is 5.10 Å². The first-order valence-corrected chi connectivity index (χ1v) is 9.47. The van der Waals surface area contributed by atoms with Crippen LogP contribution in [0.2, 0.25) is 0 Å². The molecule has 1 aromatic heterocycles. The van der Waals surface area contributed by atoms with E-state index in [0.29, 0.717) is 6.61 Å². The predicted octanol–water partition coefficient (Wildman–Crippen LogP) is 5.34. The molecule has 0 atom stereocenters. The second kappa shape index (κ2) is 8.44. The lowest BCUT2D eigenvalue weighted by Crippen LogP contribution is -1.99. The van der Waals surface area contributed by atoms with Crippen molar-refractivity contribution in [1.29, 1.82) is 0 Å². The first-order valence-electron chi connectivity index (χ1n) is 9.47. The molecule has 0 fully saturated rings. The van der Waals surface area contributed by atoms with Crippen LogP contribution < -0.4 is 10.5 Å². The molecule has 0 saturated carbocycles. The summed E-state index contributed by atoms with van der Waals surface area (Å²) >= 11 is 0. The Balaban J connectivity index is 1.41. The highest BCUT2D eigenvalue weighted by Crippen LogP contribution is 2.29. The van der Waals surface area contributed by atoms with E-state index in [1.165, 1.54) is 5.56 Å². The van der Waals surface area contributed by atoms with Gasteiger partial charge >= 0.3 is 0 Å². The fraction of sp³-hybridized carbons (Fsp3) is 0.125. The molecule has 0 aliphatic rings. The van der Waals surface area contributed by atoms with E-state index < -0.39 is 0 Å². The Kier molecular flexibility index (Phi) is 5.38. The van der Waals surface area contributed by atoms with Crippen LogP contribution in [0.3, 0.4) is 0 Å². The number of rotatable bonds is 7. The number of H-pyrrole nitrogens is 1. The number of benzene rings is 3. The summed E-state index contributed by atoms with van der Waals surface area (Å²) in [7, 11) is 0. The fourth-order valence-corrected chi connectivity index (χ4v) is 3.21. The van der Waals surface area contributed by atoms with E-state index in [2.05, 4.69) is 34.5 Å². The lowest BCUT2D eigenvalue weighted by molar-refractivity contribution is 0.311. The molecule has 0 spiro atoms. The van der Waals surface area contributed by atoms with Crippen LogP contribution in [-0.4, -0.2) is 16.8 Å². The van der Waals surface area contributed by atoms with E-state index in [1.807, 2.05) is 60.7 Å². The normalized spacial score (nSPS) is 10.7. The number of nitrogens with two attached hydrogens (primary N) is 1. The van der Waals surface area contributed by atoms with Gasteiger partial charge in [0.1, 0.15) is 5.75 Å². The Morgan fingerprint density at radius 3 is 2.54 bits per heavy atom. The largest absolute Gasteiger partial charge is 0.494 e. The number of aryl methyl sites for hydroxylation is 1. The quantitative estimate of drug-likeness (QED) is 0.341. The Bertz CT molecular complexity index is 1040. The van der Waals surface area contributed by atoms with Crippen molar-refractivity contribution in [1.82, 2.24) is 10.2 Å². The summed E-state index contributed by atoms with van der Waals surface area (Å²) in [5.41, 5.74) is 11.9. The Morgan fingerprint density at radius 1 is 0.857 bits per heavy atom. The first-order chi connectivity index (χ1) is 13.8. The second-order valence-corrected chi connectivity index (χ2v) is 6.72. The van der Waals surface area contributed by atoms with Crippen molar-refractivity contribution in [2.75, 3.05) is 12.3 Å². The first kappa shape index (κ1) is 17.9. The van der Waals surface area contributed by atoms with Gasteiger partial charge in [-0.25, -0.2) is 0 Å². The van der Waals surface area contributed by atoms with Gasteiger partial charge in [0.05, 0.1) is 18.0 Å². The molecular weight excluding hydrogens is 346 g/mol. The number of nitrogens with one attached hydrogen (secondary N) is 1. The third-order valence-electron chi connectivity index (χ3n) is 4.68. The number of anilines is 1. The van der Waals surface area contributed by atoms with Crippen molar-refractivity contribution in [3.63, 3.8) is 0 Å². The summed E-state index contributed by atoms with van der Waals surface area (Å²) in [6, 6.07) is 28.3. The lowest BCUT2D eigenvalue weighted by Gasteiger charge is -2.07. The monoisotopic (exact) mass is 369 g/mol. The molecule has 0 unspecified atom stereocenters. The molecule has 0 bridgehead atoms. The molecule has 4 rings (SSSR count). The number of hydrogen-bond acceptors (Lipinski definition) is 3. The summed E-state index contributed by atoms with van der Waals surface area (Å²) in [4.78, 5) is 0. The van der Waals surface area contributed by atoms with Crippen molar-refractivity contribution in [2.45, 2.75) is 12.8 Å². The zero-order valence-electron chi connectivity index (χ0n) is 15.6. The standard InChI is InChI=1S/C24H23N3O/c25-22-14-5-4-13-21(22)24-17-23(26-27-24)19-11-6-12-20(16-19)28-15-7-10-18-8-2-1-3-9-18/h1-6,8-9,11-14,16-17H,7,10,15,25H2,(H,26,27). The number of aromatic nitrogens is 2. The van der Waals surface area contributed by atoms with Gasteiger partial charge in [-0.15, -0.1) is 0 Å². The van der Waals surface area contributed by atoms with Gasteiger partial charge in [-0.05, 0) is 42.7 Å². The number of ether oxygens (including phenoxy) is 1. The third kappa shape index (κ3) is 4.23. The maximum absolute atomic E-state index is 6.07. The van der Waals surface area contributed by atoms with Gasteiger partial charge < -0.3 is 10.5 Å². The van der Waals surface area contributed by atoms with E-state index in [9.17, 15) is 0 Å². The zero-order chi connectivity index (χ0) is 19.2. The molecule has 140 valence electrons. The smallest absolute Gasteiger partial charge is 0.119 e. The van der Waals surface area contributed by atoms with Crippen LogP contribution in [0, 0.1) is 0 Å². The van der Waals surface area contributed by atoms with Gasteiger partial charge in [0.15, 0.2) is 0 Å². The molecular formula is C24H23N3O. The van der Waals surface area contributed by atoms with E-state index in [1.54, 1.807) is 0 Å². The molecule has 0 saturated heterocycles. The average molecular weight is 369 g/mol. The fourth-order valence-electron chi connectivity index (χ4n) is 3.21. The Hall–Kier alpha value is -3.53. The van der Waals surface area contributed by atoms with Crippen LogP contribution in [0.5, 0.6) is 5.75 Å². The Labute approximate surface area is 165 Å². The molecule has 0 aliphatic carbocycles. The van der Waals surface area contributed by atoms with Crippen molar-refractivity contribution in [3.8, 4) is 28.3 Å². The molecule has 28 heavy (non-hydrogen) atoms. The SMILES string of the molecule is Nc1ccccc1-c1cc(-c2cccc(OCCCc3ccccc3)c2)n[nH]1. The molecule has 0 aliphatic heterocycles. The molecule has 0 radical (unpaired) electrons. The minimum atomic E-state index is 0.685. The summed E-state index contributed by atoms with van der Waals surface area (Å²) in [5.74, 6) is 0.856. The van der Waals surface area contributed by atoms with Gasteiger partial charge in [0.2, 0.25) is 0 Å². The van der Waals surface area contributed by atoms with Crippen LogP contribution >= 0.6 is 0 Å². The van der Waals surface area contributed by atoms with Crippen molar-refractivity contribution < 1.29 is 4.74 Å². The number of nitrogens with zero attached hydrogens (tertiary/aromatic N) is 1. The molecule has 4 heteroatoms. The number of hydrogen-bond donors (Lipinski definition) is 2. The summed E-state index contributed by atoms with van der Waals surface area (Å²) < 4.78 is 5.94. The van der Waals surface area contributed by atoms with Crippen LogP contribution in [0.25, 0.3) is 22.5 Å². The minimum Gasteiger partial charge on any atom is -0.494 e. The highest BCUT2D eigenvalue weighted by molar-refractivity contribution is 5.76. The van der Waals surface area contributed by atoms with Gasteiger partial charge in [-0.3, -0.25) is 5.10 Å². The summed E-state index contributed by atoms with van der Waals surface area (Å²) in [5, 5.41) is 7.53. The summed E-state index contributed by atoms with van der Waals surface area (Å²) in [6.07, 6.45) is 2.00. The molecule has 4 nitrogen and oxygen atoms in total. The molecule has 1 heterocycles. The van der Waals surface area contributed by atoms with E-state index in [4.69, 9.17) is 10.5 Å². The van der Waals surface area contributed by atoms with Gasteiger partial charge in [0, 0.05) is 16.8 Å². The highest BCUT2D eigenvalue weighted by atomic mass is 16.5. The summed E-state index contributed by atoms with van der Waals surface area (Å²) in [6.45, 7) is 0.685. The molecule has 4 aromatic rings. The maximum atomic E-state index is 6.07. The van der Waals surface area contributed by atoms with Crippen LogP contribution in [0.4, 0.5) is 5.69 Å². The predicted molar refractivity (Wildman–Crippen MR) is 114 cm³/mol. The van der Waals surface area contributed by atoms with Crippen molar-refractivity contribution in [3.05, 3.63) is 90.5 Å². The lowest BCUT2D eigenvalue weighted by atomic mass is 10.1. The molecule has 0 amide bonds. The van der Waals surface area contributed by atoms with Gasteiger partial charge in [0.25, 0.3) is 0 Å². The van der Waals surface area contributed by atoms with E-state index in [0.717, 1.165) is 46.8 Å². The average Bonchev–Trinajstić information content (AvgIpc) is 3.23. The van der Waals surface area contributed by atoms with E-state index in [-0.39, 0.29) is 0 Å². The van der Waals surface area contributed by atoms with Crippen molar-refractivity contribution >= 4 is 5.69 Å². The van der Waals surface area contributed by atoms with Crippen LogP contribution in [0.15, 0.2) is 84.9 Å². The molecule has 3 aromatic carbocycles. The topological polar surface area (TPSA) is 63.9 Å². The minimum absolute atomic E-state index is 0.685.